The predicted molar refractivity (Wildman–Crippen MR) is 105 cm³/mol. The molecule has 0 heterocycles. The standard InChI is InChI=1S/C18H21BrN2O4S/c1-13(2)11-20-26(23,24)17-9-7-16(8-10-17)25-12-18(22)21-15-5-3-14(19)4-6-15/h3-10,13,20H,11-12H2,1-2H3,(H,21,22). The molecule has 0 unspecified atom stereocenters. The van der Waals surface area contributed by atoms with Gasteiger partial charge >= 0.3 is 0 Å². The van der Waals surface area contributed by atoms with Gasteiger partial charge in [0.15, 0.2) is 6.61 Å². The van der Waals surface area contributed by atoms with E-state index >= 15 is 0 Å². The van der Waals surface area contributed by atoms with E-state index in [1.165, 1.54) is 24.3 Å². The third-order valence-electron chi connectivity index (χ3n) is 3.31. The second-order valence-corrected chi connectivity index (χ2v) is 8.74. The number of amides is 1. The summed E-state index contributed by atoms with van der Waals surface area (Å²) in [6, 6.07) is 13.1. The molecule has 0 atom stereocenters. The zero-order chi connectivity index (χ0) is 19.2. The van der Waals surface area contributed by atoms with Gasteiger partial charge in [-0.05, 0) is 54.4 Å². The van der Waals surface area contributed by atoms with Crippen LogP contribution in [0.3, 0.4) is 0 Å². The highest BCUT2D eigenvalue weighted by Gasteiger charge is 2.14. The molecule has 0 fully saturated rings. The maximum Gasteiger partial charge on any atom is 0.262 e. The van der Waals surface area contributed by atoms with Gasteiger partial charge in [0.2, 0.25) is 10.0 Å². The van der Waals surface area contributed by atoms with Gasteiger partial charge < -0.3 is 10.1 Å². The molecule has 0 saturated heterocycles. The molecule has 6 nitrogen and oxygen atoms in total. The molecule has 0 aliphatic rings. The molecule has 2 aromatic carbocycles. The molecule has 8 heteroatoms. The Kier molecular flexibility index (Phi) is 7.19. The van der Waals surface area contributed by atoms with Gasteiger partial charge in [0.05, 0.1) is 4.90 Å². The Morgan fingerprint density at radius 2 is 1.69 bits per heavy atom. The first kappa shape index (κ1) is 20.4. The van der Waals surface area contributed by atoms with Crippen LogP contribution in [0.15, 0.2) is 57.9 Å². The lowest BCUT2D eigenvalue weighted by Crippen LogP contribution is -2.27. The molecule has 1 amide bonds. The SMILES string of the molecule is CC(C)CNS(=O)(=O)c1ccc(OCC(=O)Nc2ccc(Br)cc2)cc1. The van der Waals surface area contributed by atoms with E-state index in [0.717, 1.165) is 4.47 Å². The van der Waals surface area contributed by atoms with E-state index in [9.17, 15) is 13.2 Å². The van der Waals surface area contributed by atoms with Crippen molar-refractivity contribution in [3.8, 4) is 5.75 Å². The molecule has 0 spiro atoms. The Bertz CT molecular complexity index is 834. The fraction of sp³-hybridized carbons (Fsp3) is 0.278. The number of nitrogens with one attached hydrogen (secondary N) is 2. The van der Waals surface area contributed by atoms with E-state index in [1.54, 1.807) is 12.1 Å². The maximum absolute atomic E-state index is 12.1. The van der Waals surface area contributed by atoms with Gasteiger partial charge in [-0.3, -0.25) is 4.79 Å². The number of hydrogen-bond acceptors (Lipinski definition) is 4. The van der Waals surface area contributed by atoms with Crippen LogP contribution in [0.2, 0.25) is 0 Å². The molecule has 2 aromatic rings. The third kappa shape index (κ3) is 6.44. The van der Waals surface area contributed by atoms with Crippen LogP contribution in [0.25, 0.3) is 0 Å². The van der Waals surface area contributed by atoms with Crippen molar-refractivity contribution in [1.82, 2.24) is 4.72 Å². The smallest absolute Gasteiger partial charge is 0.262 e. The van der Waals surface area contributed by atoms with E-state index in [4.69, 9.17) is 4.74 Å². The number of benzene rings is 2. The van der Waals surface area contributed by atoms with Crippen LogP contribution in [0.5, 0.6) is 5.75 Å². The number of sulfonamides is 1. The van der Waals surface area contributed by atoms with Gasteiger partial charge in [0.25, 0.3) is 5.91 Å². The molecule has 0 radical (unpaired) electrons. The van der Waals surface area contributed by atoms with Crippen LogP contribution in [0.1, 0.15) is 13.8 Å². The first-order valence-electron chi connectivity index (χ1n) is 8.04. The summed E-state index contributed by atoms with van der Waals surface area (Å²) in [5, 5.41) is 2.71. The van der Waals surface area contributed by atoms with Crippen molar-refractivity contribution in [1.29, 1.82) is 0 Å². The first-order valence-corrected chi connectivity index (χ1v) is 10.3. The predicted octanol–water partition coefficient (Wildman–Crippen LogP) is 3.40. The second-order valence-electron chi connectivity index (χ2n) is 6.06. The van der Waals surface area contributed by atoms with E-state index in [0.29, 0.717) is 18.0 Å². The average molecular weight is 441 g/mol. The van der Waals surface area contributed by atoms with Crippen molar-refractivity contribution in [2.75, 3.05) is 18.5 Å². The summed E-state index contributed by atoms with van der Waals surface area (Å²) in [6.07, 6.45) is 0. The van der Waals surface area contributed by atoms with Crippen LogP contribution in [0.4, 0.5) is 5.69 Å². The van der Waals surface area contributed by atoms with E-state index < -0.39 is 10.0 Å². The minimum absolute atomic E-state index is 0.157. The number of carbonyl (C=O) groups is 1. The molecule has 140 valence electrons. The van der Waals surface area contributed by atoms with E-state index in [-0.39, 0.29) is 23.3 Å². The highest BCUT2D eigenvalue weighted by Crippen LogP contribution is 2.17. The molecule has 26 heavy (non-hydrogen) atoms. The number of anilines is 1. The second kappa shape index (κ2) is 9.16. The van der Waals surface area contributed by atoms with Crippen LogP contribution in [0, 0.1) is 5.92 Å². The van der Waals surface area contributed by atoms with Gasteiger partial charge in [-0.15, -0.1) is 0 Å². The first-order chi connectivity index (χ1) is 12.3. The molecule has 0 aliphatic heterocycles. The van der Waals surface area contributed by atoms with Crippen molar-refractivity contribution in [2.45, 2.75) is 18.7 Å². The fourth-order valence-corrected chi connectivity index (χ4v) is 3.43. The minimum Gasteiger partial charge on any atom is -0.484 e. The Hall–Kier alpha value is -1.90. The fourth-order valence-electron chi connectivity index (χ4n) is 1.95. The summed E-state index contributed by atoms with van der Waals surface area (Å²) in [5.74, 6) is 0.331. The minimum atomic E-state index is -3.54. The summed E-state index contributed by atoms with van der Waals surface area (Å²) in [6.45, 7) is 4.06. The lowest BCUT2D eigenvalue weighted by atomic mass is 10.2. The van der Waals surface area contributed by atoms with Crippen LogP contribution in [-0.2, 0) is 14.8 Å². The largest absolute Gasteiger partial charge is 0.484 e. The van der Waals surface area contributed by atoms with E-state index in [2.05, 4.69) is 26.0 Å². The molecule has 0 aliphatic carbocycles. The topological polar surface area (TPSA) is 84.5 Å². The van der Waals surface area contributed by atoms with Crippen molar-refractivity contribution in [2.24, 2.45) is 5.92 Å². The maximum atomic E-state index is 12.1. The average Bonchev–Trinajstić information content (AvgIpc) is 2.61. The zero-order valence-corrected chi connectivity index (χ0v) is 16.9. The quantitative estimate of drug-likeness (QED) is 0.658. The summed E-state index contributed by atoms with van der Waals surface area (Å²) in [5.41, 5.74) is 0.666. The number of ether oxygens (including phenoxy) is 1. The Morgan fingerprint density at radius 3 is 2.27 bits per heavy atom. The highest BCUT2D eigenvalue weighted by molar-refractivity contribution is 9.10. The van der Waals surface area contributed by atoms with Crippen molar-refractivity contribution in [3.05, 3.63) is 53.0 Å². The molecule has 2 rings (SSSR count). The lowest BCUT2D eigenvalue weighted by Gasteiger charge is -2.10. The highest BCUT2D eigenvalue weighted by atomic mass is 79.9. The molecule has 0 bridgehead atoms. The van der Waals surface area contributed by atoms with Crippen LogP contribution >= 0.6 is 15.9 Å². The van der Waals surface area contributed by atoms with Gasteiger partial charge in [0.1, 0.15) is 5.75 Å². The Balaban J connectivity index is 1.88. The van der Waals surface area contributed by atoms with Crippen molar-refractivity contribution in [3.63, 3.8) is 0 Å². The molecule has 0 saturated carbocycles. The molecular weight excluding hydrogens is 420 g/mol. The lowest BCUT2D eigenvalue weighted by molar-refractivity contribution is -0.118. The summed E-state index contributed by atoms with van der Waals surface area (Å²) in [7, 11) is -3.54. The number of hydrogen-bond donors (Lipinski definition) is 2. The van der Waals surface area contributed by atoms with Crippen LogP contribution < -0.4 is 14.8 Å². The Labute approximate surface area is 162 Å². The summed E-state index contributed by atoms with van der Waals surface area (Å²) < 4.78 is 33.1. The van der Waals surface area contributed by atoms with Gasteiger partial charge in [-0.25, -0.2) is 13.1 Å². The zero-order valence-electron chi connectivity index (χ0n) is 14.5. The number of rotatable bonds is 8. The third-order valence-corrected chi connectivity index (χ3v) is 5.28. The normalized spacial score (nSPS) is 11.4. The number of halogens is 1. The summed E-state index contributed by atoms with van der Waals surface area (Å²) >= 11 is 3.32. The molecular formula is C18H21BrN2O4S. The van der Waals surface area contributed by atoms with Crippen molar-refractivity contribution >= 4 is 37.5 Å². The van der Waals surface area contributed by atoms with Gasteiger partial charge in [0, 0.05) is 16.7 Å². The molecule has 0 aromatic heterocycles. The van der Waals surface area contributed by atoms with Crippen molar-refractivity contribution < 1.29 is 17.9 Å². The summed E-state index contributed by atoms with van der Waals surface area (Å²) in [4.78, 5) is 12.0. The van der Waals surface area contributed by atoms with Gasteiger partial charge in [-0.1, -0.05) is 29.8 Å². The Morgan fingerprint density at radius 1 is 1.08 bits per heavy atom. The van der Waals surface area contributed by atoms with E-state index in [1.807, 2.05) is 26.0 Å². The van der Waals surface area contributed by atoms with Gasteiger partial charge in [-0.2, -0.15) is 0 Å². The van der Waals surface area contributed by atoms with Crippen LogP contribution in [-0.4, -0.2) is 27.5 Å². The molecule has 2 N–H and O–H groups in total. The number of carbonyl (C=O) groups excluding carboxylic acids is 1. The monoisotopic (exact) mass is 440 g/mol.